The summed E-state index contributed by atoms with van der Waals surface area (Å²) in [5.41, 5.74) is 6.07. The lowest BCUT2D eigenvalue weighted by Gasteiger charge is -2.26. The van der Waals surface area contributed by atoms with E-state index in [0.29, 0.717) is 17.4 Å². The normalized spacial score (nSPS) is 15.6. The maximum Gasteiger partial charge on any atom is 0.269 e. The number of nitrogens with one attached hydrogen (secondary N) is 1. The highest BCUT2D eigenvalue weighted by Gasteiger charge is 2.19. The maximum atomic E-state index is 11.2. The van der Waals surface area contributed by atoms with Gasteiger partial charge in [0, 0.05) is 12.5 Å². The summed E-state index contributed by atoms with van der Waals surface area (Å²) in [5, 5.41) is 3.12. The van der Waals surface area contributed by atoms with Crippen LogP contribution in [-0.4, -0.2) is 35.6 Å². The number of nitrogens with zero attached hydrogens (tertiary/aromatic N) is 2. The third-order valence-corrected chi connectivity index (χ3v) is 2.43. The number of primary amides is 1. The molecule has 0 bridgehead atoms. The summed E-state index contributed by atoms with van der Waals surface area (Å²) >= 11 is 0. The predicted molar refractivity (Wildman–Crippen MR) is 58.1 cm³/mol. The smallest absolute Gasteiger partial charge is 0.269 e. The predicted octanol–water partition coefficient (Wildman–Crippen LogP) is -0.0578. The van der Waals surface area contributed by atoms with E-state index in [0.717, 1.165) is 19.8 Å². The molecule has 3 N–H and O–H groups in total. The summed E-state index contributed by atoms with van der Waals surface area (Å²) in [6.45, 7) is 3.97. The molecule has 0 radical (unpaired) electrons. The van der Waals surface area contributed by atoms with E-state index >= 15 is 0 Å². The van der Waals surface area contributed by atoms with Crippen molar-refractivity contribution in [1.29, 1.82) is 0 Å². The Hall–Kier alpha value is -1.69. The summed E-state index contributed by atoms with van der Waals surface area (Å²) in [5.74, 6) is 0.478. The van der Waals surface area contributed by atoms with Crippen molar-refractivity contribution >= 4 is 11.6 Å². The lowest BCUT2D eigenvalue weighted by molar-refractivity contribution is -0.0248. The second kappa shape index (κ2) is 4.44. The third-order valence-electron chi connectivity index (χ3n) is 2.43. The highest BCUT2D eigenvalue weighted by atomic mass is 16.5. The van der Waals surface area contributed by atoms with Crippen LogP contribution in [0.1, 0.15) is 16.3 Å². The summed E-state index contributed by atoms with van der Waals surface area (Å²) < 4.78 is 5.06. The molecule has 0 unspecified atom stereocenters. The van der Waals surface area contributed by atoms with Gasteiger partial charge >= 0.3 is 0 Å². The van der Waals surface area contributed by atoms with E-state index < -0.39 is 5.91 Å². The fraction of sp³-hybridized carbons (Fsp3) is 0.500. The van der Waals surface area contributed by atoms with E-state index in [9.17, 15) is 4.79 Å². The first-order chi connectivity index (χ1) is 7.66. The summed E-state index contributed by atoms with van der Waals surface area (Å²) in [4.78, 5) is 19.2. The number of hydrogen-bond donors (Lipinski definition) is 2. The summed E-state index contributed by atoms with van der Waals surface area (Å²) in [7, 11) is 0. The monoisotopic (exact) mass is 222 g/mol. The van der Waals surface area contributed by atoms with Crippen LogP contribution in [0, 0.1) is 12.8 Å². The molecule has 1 saturated heterocycles. The van der Waals surface area contributed by atoms with Gasteiger partial charge in [0.1, 0.15) is 5.82 Å². The van der Waals surface area contributed by atoms with Gasteiger partial charge in [-0.05, 0) is 6.92 Å². The molecule has 2 rings (SSSR count). The highest BCUT2D eigenvalue weighted by Crippen LogP contribution is 2.15. The van der Waals surface area contributed by atoms with Gasteiger partial charge in [-0.15, -0.1) is 0 Å². The number of ether oxygens (including phenoxy) is 1. The van der Waals surface area contributed by atoms with Gasteiger partial charge in [-0.2, -0.15) is 0 Å². The molecule has 0 aromatic carbocycles. The second-order valence-corrected chi connectivity index (χ2v) is 3.83. The number of hydrogen-bond acceptors (Lipinski definition) is 5. The minimum atomic E-state index is -0.544. The van der Waals surface area contributed by atoms with Gasteiger partial charge in [-0.25, -0.2) is 9.97 Å². The van der Waals surface area contributed by atoms with Gasteiger partial charge in [0.2, 0.25) is 0 Å². The number of rotatable bonds is 4. The molecule has 1 amide bonds. The molecule has 0 spiro atoms. The molecule has 0 saturated carbocycles. The summed E-state index contributed by atoms with van der Waals surface area (Å²) in [6, 6.07) is 0. The van der Waals surface area contributed by atoms with Crippen LogP contribution in [0.2, 0.25) is 0 Å². The van der Waals surface area contributed by atoms with E-state index in [2.05, 4.69) is 15.3 Å². The van der Waals surface area contributed by atoms with Crippen LogP contribution < -0.4 is 11.1 Å². The fourth-order valence-corrected chi connectivity index (χ4v) is 1.44. The molecule has 86 valence electrons. The van der Waals surface area contributed by atoms with Crippen LogP contribution in [0.25, 0.3) is 0 Å². The molecular formula is C10H14N4O2. The van der Waals surface area contributed by atoms with E-state index in [1.807, 2.05) is 0 Å². The fourth-order valence-electron chi connectivity index (χ4n) is 1.44. The lowest BCUT2D eigenvalue weighted by atomic mass is 10.1. The van der Waals surface area contributed by atoms with Crippen molar-refractivity contribution in [3.63, 3.8) is 0 Å². The zero-order valence-electron chi connectivity index (χ0n) is 9.06. The molecule has 6 heteroatoms. The Balaban J connectivity index is 2.08. The number of anilines is 1. The zero-order valence-corrected chi connectivity index (χ0v) is 9.06. The van der Waals surface area contributed by atoms with Gasteiger partial charge in [-0.3, -0.25) is 4.79 Å². The molecule has 0 aliphatic carbocycles. The molecule has 1 fully saturated rings. The van der Waals surface area contributed by atoms with E-state index in [4.69, 9.17) is 10.5 Å². The van der Waals surface area contributed by atoms with Gasteiger partial charge < -0.3 is 15.8 Å². The van der Waals surface area contributed by atoms with Gasteiger partial charge in [0.15, 0.2) is 5.69 Å². The quantitative estimate of drug-likeness (QED) is 0.745. The summed E-state index contributed by atoms with van der Waals surface area (Å²) in [6.07, 6.45) is 1.59. The first kappa shape index (κ1) is 10.8. The average Bonchev–Trinajstić information content (AvgIpc) is 2.17. The Morgan fingerprint density at radius 2 is 2.44 bits per heavy atom. The van der Waals surface area contributed by atoms with Crippen LogP contribution >= 0.6 is 0 Å². The van der Waals surface area contributed by atoms with Crippen LogP contribution in [0.4, 0.5) is 5.69 Å². The molecule has 6 nitrogen and oxygen atoms in total. The number of aryl methyl sites for hydroxylation is 1. The Morgan fingerprint density at radius 1 is 1.69 bits per heavy atom. The van der Waals surface area contributed by atoms with Crippen molar-refractivity contribution in [2.24, 2.45) is 11.7 Å². The van der Waals surface area contributed by atoms with Crippen LogP contribution in [-0.2, 0) is 4.74 Å². The first-order valence-electron chi connectivity index (χ1n) is 5.12. The SMILES string of the molecule is Cc1ncc(NCC2COC2)c(C(N)=O)n1. The zero-order chi connectivity index (χ0) is 11.5. The Bertz CT molecular complexity index is 404. The topological polar surface area (TPSA) is 90.1 Å². The molecule has 1 aromatic heterocycles. The molecule has 16 heavy (non-hydrogen) atoms. The van der Waals surface area contributed by atoms with Gasteiger partial charge in [-0.1, -0.05) is 0 Å². The van der Waals surface area contributed by atoms with Crippen molar-refractivity contribution in [1.82, 2.24) is 9.97 Å². The first-order valence-corrected chi connectivity index (χ1v) is 5.12. The molecule has 1 aliphatic heterocycles. The number of carbonyl (C=O) groups excluding carboxylic acids is 1. The average molecular weight is 222 g/mol. The molecule has 1 aromatic rings. The lowest BCUT2D eigenvalue weighted by Crippen LogP contribution is -2.34. The number of aromatic nitrogens is 2. The maximum absolute atomic E-state index is 11.2. The van der Waals surface area contributed by atoms with Crippen LogP contribution in [0.15, 0.2) is 6.20 Å². The molecular weight excluding hydrogens is 208 g/mol. The second-order valence-electron chi connectivity index (χ2n) is 3.83. The minimum Gasteiger partial charge on any atom is -0.381 e. The largest absolute Gasteiger partial charge is 0.381 e. The van der Waals surface area contributed by atoms with Crippen molar-refractivity contribution in [3.8, 4) is 0 Å². The highest BCUT2D eigenvalue weighted by molar-refractivity contribution is 5.96. The van der Waals surface area contributed by atoms with Crippen molar-refractivity contribution < 1.29 is 9.53 Å². The number of nitrogens with two attached hydrogens (primary N) is 1. The Labute approximate surface area is 93.2 Å². The Kier molecular flexibility index (Phi) is 3.00. The van der Waals surface area contributed by atoms with Crippen LogP contribution in [0.3, 0.4) is 0 Å². The minimum absolute atomic E-state index is 0.243. The van der Waals surface area contributed by atoms with E-state index in [-0.39, 0.29) is 5.69 Å². The van der Waals surface area contributed by atoms with E-state index in [1.54, 1.807) is 13.1 Å². The molecule has 0 atom stereocenters. The third kappa shape index (κ3) is 2.27. The number of carbonyl (C=O) groups is 1. The van der Waals surface area contributed by atoms with Gasteiger partial charge in [0.25, 0.3) is 5.91 Å². The number of amides is 1. The Morgan fingerprint density at radius 3 is 3.00 bits per heavy atom. The van der Waals surface area contributed by atoms with E-state index in [1.165, 1.54) is 0 Å². The van der Waals surface area contributed by atoms with Crippen LogP contribution in [0.5, 0.6) is 0 Å². The van der Waals surface area contributed by atoms with Gasteiger partial charge in [0.05, 0.1) is 25.1 Å². The molecule has 2 heterocycles. The van der Waals surface area contributed by atoms with Crippen molar-refractivity contribution in [3.05, 3.63) is 17.7 Å². The van der Waals surface area contributed by atoms with Crippen molar-refractivity contribution in [2.75, 3.05) is 25.1 Å². The van der Waals surface area contributed by atoms with Crippen molar-refractivity contribution in [2.45, 2.75) is 6.92 Å². The standard InChI is InChI=1S/C10H14N4O2/c1-6-12-3-8(9(14-6)10(11)15)13-2-7-4-16-5-7/h3,7,13H,2,4-5H2,1H3,(H2,11,15). The molecule has 1 aliphatic rings.